The molecule has 5 heteroatoms. The Morgan fingerprint density at radius 2 is 2.19 bits per heavy atom. The molecule has 4 rings (SSSR count). The molecule has 3 atom stereocenters. The van der Waals surface area contributed by atoms with Gasteiger partial charge < -0.3 is 15.0 Å². The Bertz CT molecular complexity index is 640. The van der Waals surface area contributed by atoms with Crippen LogP contribution in [0.1, 0.15) is 42.5 Å². The van der Waals surface area contributed by atoms with Crippen molar-refractivity contribution in [1.82, 2.24) is 10.1 Å². The highest BCUT2D eigenvalue weighted by Gasteiger charge is 2.43. The molecule has 2 bridgehead atoms. The number of hydrogen-bond donors (Lipinski definition) is 1. The van der Waals surface area contributed by atoms with Crippen LogP contribution in [0.4, 0.5) is 5.69 Å². The van der Waals surface area contributed by atoms with Gasteiger partial charge in [0.2, 0.25) is 5.89 Å². The fourth-order valence-electron chi connectivity index (χ4n) is 3.43. The highest BCUT2D eigenvalue weighted by atomic mass is 16.5. The summed E-state index contributed by atoms with van der Waals surface area (Å²) in [4.78, 5) is 4.56. The maximum atomic E-state index is 5.86. The SMILES string of the molecule is Nc1cccc(CCc2nc(C3CC4CCC3O4)no2)c1. The summed E-state index contributed by atoms with van der Waals surface area (Å²) in [5.41, 5.74) is 7.77. The molecule has 110 valence electrons. The molecule has 2 saturated heterocycles. The molecule has 0 spiro atoms. The van der Waals surface area contributed by atoms with Crippen molar-refractivity contribution in [3.8, 4) is 0 Å². The Morgan fingerprint density at radius 1 is 1.24 bits per heavy atom. The Balaban J connectivity index is 1.41. The average Bonchev–Trinajstić information content (AvgIpc) is 3.21. The van der Waals surface area contributed by atoms with Crippen LogP contribution in [0.2, 0.25) is 0 Å². The van der Waals surface area contributed by atoms with Crippen molar-refractivity contribution in [3.63, 3.8) is 0 Å². The van der Waals surface area contributed by atoms with Crippen LogP contribution in [-0.2, 0) is 17.6 Å². The third kappa shape index (κ3) is 2.53. The summed E-state index contributed by atoms with van der Waals surface area (Å²) in [5, 5.41) is 4.16. The molecule has 2 aliphatic heterocycles. The zero-order chi connectivity index (χ0) is 14.2. The van der Waals surface area contributed by atoms with Crippen LogP contribution in [0.3, 0.4) is 0 Å². The van der Waals surface area contributed by atoms with E-state index >= 15 is 0 Å². The number of benzene rings is 1. The van der Waals surface area contributed by atoms with Crippen LogP contribution >= 0.6 is 0 Å². The Morgan fingerprint density at radius 3 is 2.95 bits per heavy atom. The summed E-state index contributed by atoms with van der Waals surface area (Å²) in [7, 11) is 0. The molecule has 3 heterocycles. The van der Waals surface area contributed by atoms with E-state index in [4.69, 9.17) is 15.0 Å². The number of nitrogen functional groups attached to an aromatic ring is 1. The van der Waals surface area contributed by atoms with E-state index in [1.54, 1.807) is 0 Å². The minimum Gasteiger partial charge on any atom is -0.399 e. The molecule has 3 unspecified atom stereocenters. The van der Waals surface area contributed by atoms with Crippen molar-refractivity contribution in [2.75, 3.05) is 5.73 Å². The molecule has 0 radical (unpaired) electrons. The predicted molar refractivity (Wildman–Crippen MR) is 77.8 cm³/mol. The van der Waals surface area contributed by atoms with Crippen LogP contribution in [0.5, 0.6) is 0 Å². The molecular weight excluding hydrogens is 266 g/mol. The van der Waals surface area contributed by atoms with Crippen LogP contribution in [0, 0.1) is 0 Å². The molecular formula is C16H19N3O2. The number of ether oxygens (including phenoxy) is 1. The first-order valence-electron chi connectivity index (χ1n) is 7.60. The molecule has 0 saturated carbocycles. The maximum absolute atomic E-state index is 5.86. The normalized spacial score (nSPS) is 27.3. The number of aryl methyl sites for hydroxylation is 2. The third-order valence-corrected chi connectivity index (χ3v) is 4.50. The van der Waals surface area contributed by atoms with Gasteiger partial charge in [0.1, 0.15) is 0 Å². The lowest BCUT2D eigenvalue weighted by Crippen LogP contribution is -2.15. The van der Waals surface area contributed by atoms with Crippen molar-refractivity contribution in [3.05, 3.63) is 41.5 Å². The van der Waals surface area contributed by atoms with E-state index in [0.29, 0.717) is 24.0 Å². The summed E-state index contributed by atoms with van der Waals surface area (Å²) in [6.07, 6.45) is 5.67. The monoisotopic (exact) mass is 285 g/mol. The average molecular weight is 285 g/mol. The van der Waals surface area contributed by atoms with Crippen LogP contribution < -0.4 is 5.73 Å². The highest BCUT2D eigenvalue weighted by Crippen LogP contribution is 2.43. The number of nitrogens with zero attached hydrogens (tertiary/aromatic N) is 2. The van der Waals surface area contributed by atoms with E-state index in [2.05, 4.69) is 16.2 Å². The van der Waals surface area contributed by atoms with E-state index in [1.807, 2.05) is 18.2 Å². The van der Waals surface area contributed by atoms with Gasteiger partial charge in [0.15, 0.2) is 5.82 Å². The van der Waals surface area contributed by atoms with Gasteiger partial charge in [-0.1, -0.05) is 17.3 Å². The topological polar surface area (TPSA) is 74.2 Å². The lowest BCUT2D eigenvalue weighted by molar-refractivity contribution is 0.0996. The van der Waals surface area contributed by atoms with Crippen LogP contribution in [0.15, 0.2) is 28.8 Å². The first kappa shape index (κ1) is 12.8. The van der Waals surface area contributed by atoms with Gasteiger partial charge in [0, 0.05) is 12.1 Å². The largest absolute Gasteiger partial charge is 0.399 e. The van der Waals surface area contributed by atoms with E-state index in [1.165, 1.54) is 12.0 Å². The first-order chi connectivity index (χ1) is 10.3. The smallest absolute Gasteiger partial charge is 0.226 e. The number of anilines is 1. The van der Waals surface area contributed by atoms with E-state index in [9.17, 15) is 0 Å². The second-order valence-corrected chi connectivity index (χ2v) is 6.01. The summed E-state index contributed by atoms with van der Waals surface area (Å²) < 4.78 is 11.2. The Hall–Kier alpha value is -1.88. The standard InChI is InChI=1S/C16H19N3O2/c17-11-3-1-2-10(8-11)4-7-15-18-16(19-21-15)13-9-12-5-6-14(13)20-12/h1-3,8,12-14H,4-7,9,17H2. The molecule has 2 fully saturated rings. The van der Waals surface area contributed by atoms with E-state index in [-0.39, 0.29) is 0 Å². The van der Waals surface area contributed by atoms with Gasteiger partial charge in [-0.15, -0.1) is 0 Å². The van der Waals surface area contributed by atoms with Crippen LogP contribution in [-0.4, -0.2) is 22.3 Å². The van der Waals surface area contributed by atoms with Gasteiger partial charge in [-0.05, 0) is 43.4 Å². The number of rotatable bonds is 4. The van der Waals surface area contributed by atoms with Gasteiger partial charge >= 0.3 is 0 Å². The molecule has 0 amide bonds. The number of hydrogen-bond acceptors (Lipinski definition) is 5. The van der Waals surface area contributed by atoms with Gasteiger partial charge in [-0.3, -0.25) is 0 Å². The molecule has 2 N–H and O–H groups in total. The molecule has 5 nitrogen and oxygen atoms in total. The van der Waals surface area contributed by atoms with Crippen LogP contribution in [0.25, 0.3) is 0 Å². The summed E-state index contributed by atoms with van der Waals surface area (Å²) in [6, 6.07) is 7.92. The summed E-state index contributed by atoms with van der Waals surface area (Å²) in [6.45, 7) is 0. The zero-order valence-corrected chi connectivity index (χ0v) is 11.9. The van der Waals surface area contributed by atoms with Gasteiger partial charge in [-0.25, -0.2) is 0 Å². The molecule has 21 heavy (non-hydrogen) atoms. The zero-order valence-electron chi connectivity index (χ0n) is 11.9. The second-order valence-electron chi connectivity index (χ2n) is 6.01. The second kappa shape index (κ2) is 5.15. The van der Waals surface area contributed by atoms with E-state index in [0.717, 1.165) is 37.2 Å². The quantitative estimate of drug-likeness (QED) is 0.873. The maximum Gasteiger partial charge on any atom is 0.226 e. The van der Waals surface area contributed by atoms with Crippen molar-refractivity contribution in [2.24, 2.45) is 0 Å². The summed E-state index contributed by atoms with van der Waals surface area (Å²) >= 11 is 0. The van der Waals surface area contributed by atoms with E-state index < -0.39 is 0 Å². The molecule has 1 aromatic carbocycles. The fourth-order valence-corrected chi connectivity index (χ4v) is 3.43. The van der Waals surface area contributed by atoms with Crippen molar-refractivity contribution >= 4 is 5.69 Å². The predicted octanol–water partition coefficient (Wildman–Crippen LogP) is 2.47. The fraction of sp³-hybridized carbons (Fsp3) is 0.500. The molecule has 2 aliphatic rings. The Labute approximate surface area is 123 Å². The van der Waals surface area contributed by atoms with Gasteiger partial charge in [0.25, 0.3) is 0 Å². The number of nitrogens with two attached hydrogens (primary N) is 1. The molecule has 0 aliphatic carbocycles. The highest BCUT2D eigenvalue weighted by molar-refractivity contribution is 5.40. The lowest BCUT2D eigenvalue weighted by atomic mass is 9.89. The van der Waals surface area contributed by atoms with Gasteiger partial charge in [0.05, 0.1) is 18.1 Å². The lowest BCUT2D eigenvalue weighted by Gasteiger charge is -2.13. The third-order valence-electron chi connectivity index (χ3n) is 4.50. The molecule has 2 aromatic rings. The minimum atomic E-state index is 0.300. The Kier molecular flexibility index (Phi) is 3.15. The first-order valence-corrected chi connectivity index (χ1v) is 7.60. The van der Waals surface area contributed by atoms with Gasteiger partial charge in [-0.2, -0.15) is 4.98 Å². The molecule has 1 aromatic heterocycles. The van der Waals surface area contributed by atoms with Crippen molar-refractivity contribution in [2.45, 2.75) is 50.2 Å². The van der Waals surface area contributed by atoms with Crippen molar-refractivity contribution < 1.29 is 9.26 Å². The minimum absolute atomic E-state index is 0.300. The van der Waals surface area contributed by atoms with Crippen molar-refractivity contribution in [1.29, 1.82) is 0 Å². The summed E-state index contributed by atoms with van der Waals surface area (Å²) in [5.74, 6) is 1.86. The number of fused-ring (bicyclic) bond motifs is 2. The number of aromatic nitrogens is 2.